The quantitative estimate of drug-likeness (QED) is 0.0308. The van der Waals surface area contributed by atoms with Crippen molar-refractivity contribution in [2.45, 2.75) is 214 Å². The van der Waals surface area contributed by atoms with Crippen molar-refractivity contribution in [2.24, 2.45) is 34.4 Å². The minimum absolute atomic E-state index is 0.000378. The number of carbonyl (C=O) groups is 18. The van der Waals surface area contributed by atoms with Gasteiger partial charge in [-0.05, 0) is 97.6 Å². The SMILES string of the molecule is CCCC[C@H]1C(=O)N(C)[C@@H](CCCC)C(=O)N[C@@H](CN)C(=O)N[C@H](C(=O)NCC(N)=O)CSCC(=O)N[C@H]2Cc3ccc(O)cc3N(C2=O)[C@@H](C)C(=O)N[C@@H](CC(N)=O)C(=O)N2CCC[C@H]2C(=O)N[C@@H](CN)C(=O)N[C@@H](CCC(N)=O)C(=O)N2C[C@H](O)C[C@H]2C(=O)N[C@@H](Cc2c[nH]c3ccccc23)C(=O)N[C@@H](CCN)C(=O)N[C@@H](Cc2csc3ccccc23)C(=O)N1C. The Hall–Kier alpha value is -12.4. The number of carbonyl (C=O) groups excluding carboxylic acids is 18. The number of aromatic nitrogens is 1. The van der Waals surface area contributed by atoms with Gasteiger partial charge in [-0.1, -0.05) is 82.0 Å². The van der Waals surface area contributed by atoms with Crippen molar-refractivity contribution in [1.82, 2.24) is 77.8 Å². The summed E-state index contributed by atoms with van der Waals surface area (Å²) < 4.78 is 0.828. The molecule has 2 bridgehead atoms. The molecule has 6 heterocycles. The zero-order valence-electron chi connectivity index (χ0n) is 71.9. The molecule has 4 aliphatic heterocycles. The Morgan fingerprint density at radius 2 is 1.15 bits per heavy atom. The van der Waals surface area contributed by atoms with Crippen LogP contribution in [-0.2, 0) is 106 Å². The molecule has 3 aromatic carbocycles. The summed E-state index contributed by atoms with van der Waals surface area (Å²) in [6.45, 7) is 1.99. The lowest BCUT2D eigenvalue weighted by Crippen LogP contribution is -2.62. The number of aliphatic hydroxyl groups excluding tert-OH is 1. The molecule has 15 atom stereocenters. The summed E-state index contributed by atoms with van der Waals surface area (Å²) in [5, 5.41) is 51.1. The number of unbranched alkanes of at least 4 members (excludes halogenated alkanes) is 2. The number of benzene rings is 3. The lowest BCUT2D eigenvalue weighted by Gasteiger charge is -2.38. The molecule has 128 heavy (non-hydrogen) atoms. The van der Waals surface area contributed by atoms with Crippen molar-refractivity contribution >= 4 is 156 Å². The molecule has 3 fully saturated rings. The maximum atomic E-state index is 15.7. The van der Waals surface area contributed by atoms with E-state index < -0.39 is 260 Å². The van der Waals surface area contributed by atoms with Crippen LogP contribution < -0.4 is 92.5 Å². The average Bonchev–Trinajstić information content (AvgIpc) is 1.11. The van der Waals surface area contributed by atoms with Crippen LogP contribution in [0.15, 0.2) is 78.3 Å². The third-order valence-electron chi connectivity index (χ3n) is 23.0. The van der Waals surface area contributed by atoms with Crippen molar-refractivity contribution in [2.75, 3.05) is 69.8 Å². The number of para-hydroxylation sites is 1. The highest BCUT2D eigenvalue weighted by Crippen LogP contribution is 2.35. The van der Waals surface area contributed by atoms with Crippen LogP contribution in [0.4, 0.5) is 5.69 Å². The lowest BCUT2D eigenvalue weighted by molar-refractivity contribution is -0.149. The summed E-state index contributed by atoms with van der Waals surface area (Å²) in [4.78, 5) is 268. The molecule has 25 N–H and O–H groups in total. The number of primary amides is 3. The average molecular weight is 1820 g/mol. The number of phenols is 1. The molecule has 3 saturated heterocycles. The van der Waals surface area contributed by atoms with Gasteiger partial charge in [0.15, 0.2) is 0 Å². The Morgan fingerprint density at radius 1 is 0.562 bits per heavy atom. The minimum atomic E-state index is -1.83. The molecule has 2 aromatic heterocycles. The van der Waals surface area contributed by atoms with Gasteiger partial charge in [0, 0.05) is 106 Å². The molecule has 0 aliphatic carbocycles. The highest BCUT2D eigenvalue weighted by atomic mass is 32.2. The third kappa shape index (κ3) is 25.5. The summed E-state index contributed by atoms with van der Waals surface area (Å²) in [6, 6.07) is -3.90. The number of aromatic amines is 1. The number of rotatable bonds is 22. The normalized spacial score (nSPS) is 25.7. The summed E-state index contributed by atoms with van der Waals surface area (Å²) in [5.74, 6) is -18.7. The molecule has 0 saturated carbocycles. The van der Waals surface area contributed by atoms with E-state index in [1.807, 2.05) is 37.4 Å². The van der Waals surface area contributed by atoms with Gasteiger partial charge in [0.2, 0.25) is 100 Å². The number of nitrogens with zero attached hydrogens (tertiary/aromatic N) is 5. The number of hydrogen-bond donors (Lipinski definition) is 19. The number of aromatic hydroxyl groups is 1. The number of fused-ring (bicyclic) bond motifs is 8. The Balaban J connectivity index is 1.08. The molecule has 0 unspecified atom stereocenters. The summed E-state index contributed by atoms with van der Waals surface area (Å²) in [6.07, 6.45) is -1.38. The van der Waals surface area contributed by atoms with Gasteiger partial charge in [-0.3, -0.25) is 91.2 Å². The molecule has 0 radical (unpaired) electrons. The first kappa shape index (κ1) is 99.4. The van der Waals surface area contributed by atoms with Gasteiger partial charge >= 0.3 is 0 Å². The monoisotopic (exact) mass is 1820 g/mol. The van der Waals surface area contributed by atoms with E-state index in [1.165, 1.54) is 55.5 Å². The maximum absolute atomic E-state index is 15.7. The number of H-pyrrole nitrogens is 1. The molecule has 18 amide bonds. The Morgan fingerprint density at radius 3 is 1.82 bits per heavy atom. The van der Waals surface area contributed by atoms with Crippen LogP contribution in [0.5, 0.6) is 5.75 Å². The van der Waals surface area contributed by atoms with Crippen LogP contribution in [0.1, 0.15) is 121 Å². The van der Waals surface area contributed by atoms with E-state index in [2.05, 4.69) is 58.2 Å². The number of anilines is 1. The van der Waals surface area contributed by atoms with Gasteiger partial charge in [-0.2, -0.15) is 0 Å². The first-order valence-electron chi connectivity index (χ1n) is 42.5. The lowest BCUT2D eigenvalue weighted by atomic mass is 9.95. The summed E-state index contributed by atoms with van der Waals surface area (Å²) in [7, 11) is 2.71. The second-order valence-electron chi connectivity index (χ2n) is 32.3. The number of thiophene rings is 1. The fraction of sp³-hybridized carbons (Fsp3) is 0.524. The molecule has 44 heteroatoms. The van der Waals surface area contributed by atoms with E-state index in [4.69, 9.17) is 34.4 Å². The van der Waals surface area contributed by atoms with E-state index in [9.17, 15) is 67.7 Å². The van der Waals surface area contributed by atoms with Crippen LogP contribution in [0.3, 0.4) is 0 Å². The van der Waals surface area contributed by atoms with E-state index >= 15 is 28.8 Å². The molecular formula is C84H116N22O20S2. The number of thioether (sulfide) groups is 1. The number of phenolic OH excluding ortho intramolecular Hbond substituents is 1. The van der Waals surface area contributed by atoms with E-state index in [-0.39, 0.29) is 75.9 Å². The van der Waals surface area contributed by atoms with Gasteiger partial charge in [0.05, 0.1) is 30.5 Å². The van der Waals surface area contributed by atoms with Crippen LogP contribution in [0.2, 0.25) is 0 Å². The molecule has 42 nitrogen and oxygen atoms in total. The van der Waals surface area contributed by atoms with E-state index in [0.717, 1.165) is 41.4 Å². The van der Waals surface area contributed by atoms with E-state index in [0.29, 0.717) is 53.3 Å². The van der Waals surface area contributed by atoms with Gasteiger partial charge in [0.1, 0.15) is 90.3 Å². The number of aliphatic hydroxyl groups is 1. The minimum Gasteiger partial charge on any atom is -0.508 e. The largest absolute Gasteiger partial charge is 0.508 e. The predicted octanol–water partition coefficient (Wildman–Crippen LogP) is -5.04. The zero-order chi connectivity index (χ0) is 93.5. The Labute approximate surface area is 745 Å². The van der Waals surface area contributed by atoms with Gasteiger partial charge < -0.3 is 122 Å². The highest BCUT2D eigenvalue weighted by molar-refractivity contribution is 8.00. The number of likely N-dealkylation sites (N-methyl/N-ethyl adjacent to an activating group) is 2. The number of nitrogens with two attached hydrogens (primary N) is 6. The van der Waals surface area contributed by atoms with Gasteiger partial charge in [0.25, 0.3) is 5.91 Å². The zero-order valence-corrected chi connectivity index (χ0v) is 73.5. The van der Waals surface area contributed by atoms with Crippen molar-refractivity contribution in [1.29, 1.82) is 0 Å². The highest BCUT2D eigenvalue weighted by Gasteiger charge is 2.47. The Bertz CT molecular complexity index is 4950. The fourth-order valence-corrected chi connectivity index (χ4v) is 17.9. The molecular weight excluding hydrogens is 1700 g/mol. The topological polar surface area (TPSA) is 656 Å². The van der Waals surface area contributed by atoms with Crippen molar-refractivity contribution in [3.63, 3.8) is 0 Å². The smallest absolute Gasteiger partial charge is 0.250 e. The number of amides is 18. The summed E-state index contributed by atoms with van der Waals surface area (Å²) in [5.41, 5.74) is 37.3. The maximum Gasteiger partial charge on any atom is 0.250 e. The molecule has 0 spiro atoms. The molecule has 5 aromatic rings. The Kier molecular flexibility index (Phi) is 36.0. The van der Waals surface area contributed by atoms with Crippen molar-refractivity contribution < 1.29 is 96.5 Å². The standard InChI is InChI=1S/C84H116N22O20S2/c1-6-8-18-61-77(119)99-59(36-87)76(118)101-60(72(114)92-38-69(90)111)41-127-42-70(112)93-56-29-44-22-23-47(107)32-64(44)106(83(56)125)43(3)71(113)97-57(34-68(89)110)82(124)104-28-14-20-62(104)78(120)100-58(35-86)75(117)95-53(24-25-67(88)109)81(123)105-39-48(108)33-65(105)79(121)96-54(30-45-37-91-51-17-12-10-15-49(45)51)74(116)94-52(26-27-85)73(115)98-55(31-46-40-128-66-21-13-11-16-50(46)66)80(122)103(5)63(19-9-7-2)84(126)102(61)4/h10-13,15-17,21-23,32,37,40,43,48,52-63,65,91,107-108H,6-9,14,18-20,24-31,33-36,38-39,41-42,85-87H2,1-5H3,(H2,88,109)(H2,89,110)(H2,90,111)(H,92,114)(H,93,112)(H,94,116)(H,95,117)(H,96,121)(H,97,113)(H,98,115)(H,99,119)(H,100,120)(H,101,118)/t43-,48+,52-,53-,54-,55-,56-,57-,58-,59-,60-,61-,62-,63-,65-/m0/s1. The summed E-state index contributed by atoms with van der Waals surface area (Å²) >= 11 is 2.12. The van der Waals surface area contributed by atoms with Crippen molar-refractivity contribution in [3.05, 3.63) is 95.0 Å². The van der Waals surface area contributed by atoms with Crippen molar-refractivity contribution in [3.8, 4) is 5.75 Å². The van der Waals surface area contributed by atoms with Crippen LogP contribution in [0, 0.1) is 0 Å². The predicted molar refractivity (Wildman–Crippen MR) is 470 cm³/mol. The number of hydrogen-bond acceptors (Lipinski definition) is 25. The first-order chi connectivity index (χ1) is 61.0. The molecule has 694 valence electrons. The number of nitrogens with one attached hydrogen (secondary N) is 11. The van der Waals surface area contributed by atoms with Crippen LogP contribution >= 0.6 is 23.1 Å². The van der Waals surface area contributed by atoms with E-state index in [1.54, 1.807) is 36.5 Å². The molecule has 9 rings (SSSR count). The van der Waals surface area contributed by atoms with Gasteiger partial charge in [-0.15, -0.1) is 23.1 Å². The first-order valence-corrected chi connectivity index (χ1v) is 44.5. The van der Waals surface area contributed by atoms with Crippen LogP contribution in [0.25, 0.3) is 21.0 Å². The molecule has 4 aliphatic rings. The van der Waals surface area contributed by atoms with Gasteiger partial charge in [-0.25, -0.2) is 0 Å². The third-order valence-corrected chi connectivity index (χ3v) is 25.1. The van der Waals surface area contributed by atoms with Crippen LogP contribution in [-0.4, -0.2) is 297 Å². The second-order valence-corrected chi connectivity index (χ2v) is 34.2. The fourth-order valence-electron chi connectivity index (χ4n) is 16.1. The second kappa shape index (κ2) is 46.4.